The number of alkyl halides is 1. The number of carbonyl (C=O) groups is 4. The second kappa shape index (κ2) is 12.7. The van der Waals surface area contributed by atoms with Crippen molar-refractivity contribution < 1.29 is 23.9 Å². The molecule has 2 heterocycles. The van der Waals surface area contributed by atoms with Gasteiger partial charge in [0, 0.05) is 33.8 Å². The predicted octanol–water partition coefficient (Wildman–Crippen LogP) is 7.83. The number of para-hydroxylation sites is 1. The first-order valence-electron chi connectivity index (χ1n) is 15.1. The van der Waals surface area contributed by atoms with Gasteiger partial charge >= 0.3 is 5.97 Å². The zero-order chi connectivity index (χ0) is 31.8. The third kappa shape index (κ3) is 5.99. The van der Waals surface area contributed by atoms with Gasteiger partial charge in [0.2, 0.25) is 17.6 Å². The molecule has 0 spiro atoms. The number of nitrogens with zero attached hydrogens (tertiary/aromatic N) is 2. The van der Waals surface area contributed by atoms with Crippen LogP contribution in [0.5, 0.6) is 0 Å². The zero-order valence-electron chi connectivity index (χ0n) is 25.0. The highest BCUT2D eigenvalue weighted by molar-refractivity contribution is 6.30. The number of amides is 2. The van der Waals surface area contributed by atoms with E-state index in [2.05, 4.69) is 6.92 Å². The molecule has 0 bridgehead atoms. The largest absolute Gasteiger partial charge is 0.450 e. The minimum Gasteiger partial charge on any atom is -0.450 e. The number of pyridine rings is 1. The monoisotopic (exact) mass is 642 g/mol. The van der Waals surface area contributed by atoms with E-state index in [0.717, 1.165) is 24.8 Å². The van der Waals surface area contributed by atoms with Crippen LogP contribution < -0.4 is 4.90 Å². The maximum atomic E-state index is 13.7. The van der Waals surface area contributed by atoms with Crippen molar-refractivity contribution in [2.45, 2.75) is 45.6 Å². The third-order valence-corrected chi connectivity index (χ3v) is 9.38. The fourth-order valence-corrected chi connectivity index (χ4v) is 6.79. The molecule has 6 rings (SSSR count). The molecule has 0 N–H and O–H groups in total. The molecule has 4 atom stereocenters. The number of rotatable bonds is 8. The second-order valence-electron chi connectivity index (χ2n) is 12.0. The Morgan fingerprint density at radius 2 is 1.69 bits per heavy atom. The molecule has 1 aromatic heterocycles. The van der Waals surface area contributed by atoms with E-state index in [1.165, 1.54) is 4.90 Å². The lowest BCUT2D eigenvalue weighted by Gasteiger charge is -2.25. The Hall–Kier alpha value is -4.07. The van der Waals surface area contributed by atoms with Gasteiger partial charge in [-0.05, 0) is 80.1 Å². The summed E-state index contributed by atoms with van der Waals surface area (Å²) in [5, 5.41) is 1.08. The van der Waals surface area contributed by atoms with Crippen LogP contribution in [-0.2, 0) is 14.3 Å². The van der Waals surface area contributed by atoms with Crippen LogP contribution in [0.1, 0.15) is 58.9 Å². The van der Waals surface area contributed by atoms with Gasteiger partial charge in [-0.25, -0.2) is 9.78 Å². The summed E-state index contributed by atoms with van der Waals surface area (Å²) in [6.45, 7) is 4.03. The van der Waals surface area contributed by atoms with Crippen LogP contribution in [0, 0.1) is 24.7 Å². The van der Waals surface area contributed by atoms with Crippen molar-refractivity contribution in [1.29, 1.82) is 0 Å². The van der Waals surface area contributed by atoms with E-state index in [4.69, 9.17) is 32.9 Å². The van der Waals surface area contributed by atoms with Crippen molar-refractivity contribution in [3.8, 4) is 11.3 Å². The van der Waals surface area contributed by atoms with Crippen molar-refractivity contribution in [2.24, 2.45) is 17.8 Å². The molecule has 1 saturated carbocycles. The van der Waals surface area contributed by atoms with E-state index in [-0.39, 0.29) is 47.3 Å². The molecule has 2 amide bonds. The molecule has 1 aliphatic heterocycles. The van der Waals surface area contributed by atoms with Gasteiger partial charge in [-0.1, -0.05) is 48.9 Å². The number of anilines is 1. The van der Waals surface area contributed by atoms with Gasteiger partial charge in [0.1, 0.15) is 0 Å². The number of hydrogen-bond acceptors (Lipinski definition) is 6. The maximum absolute atomic E-state index is 13.7. The quantitative estimate of drug-likeness (QED) is 0.0841. The van der Waals surface area contributed by atoms with Gasteiger partial charge in [0.25, 0.3) is 0 Å². The molecule has 45 heavy (non-hydrogen) atoms. The Labute approximate surface area is 271 Å². The summed E-state index contributed by atoms with van der Waals surface area (Å²) in [5.74, 6) is -1.26. The zero-order valence-corrected chi connectivity index (χ0v) is 26.5. The second-order valence-corrected chi connectivity index (χ2v) is 12.8. The van der Waals surface area contributed by atoms with E-state index >= 15 is 0 Å². The first kappa shape index (κ1) is 30.9. The van der Waals surface area contributed by atoms with Crippen LogP contribution in [0.4, 0.5) is 5.69 Å². The standard InChI is InChI=1S/C36H32Cl2N2O5/c1-20-6-15-27-28(18-20)35(43)40(34(27)42)25-13-9-22(10-14-25)30-19-29(26-5-3-4-21(2)32(26)39-30)36(44)45-31(16-17-37)33(41)23-7-11-24(38)12-8-23/h3-5,7-14,19-20,27-28,31H,6,15-18H2,1-2H3. The highest BCUT2D eigenvalue weighted by atomic mass is 35.5. The molecule has 2 aliphatic rings. The van der Waals surface area contributed by atoms with Crippen LogP contribution in [-0.4, -0.2) is 40.5 Å². The molecule has 9 heteroatoms. The van der Waals surface area contributed by atoms with E-state index in [1.54, 1.807) is 60.7 Å². The number of hydrogen-bond donors (Lipinski definition) is 0. The minimum atomic E-state index is -1.09. The highest BCUT2D eigenvalue weighted by Crippen LogP contribution is 2.42. The number of benzene rings is 3. The summed E-state index contributed by atoms with van der Waals surface area (Å²) in [7, 11) is 0. The number of imide groups is 1. The third-order valence-electron chi connectivity index (χ3n) is 8.91. The van der Waals surface area contributed by atoms with Gasteiger partial charge in [-0.3, -0.25) is 19.3 Å². The number of aromatic nitrogens is 1. The summed E-state index contributed by atoms with van der Waals surface area (Å²) >= 11 is 12.0. The Morgan fingerprint density at radius 3 is 2.40 bits per heavy atom. The molecule has 4 unspecified atom stereocenters. The summed E-state index contributed by atoms with van der Waals surface area (Å²) in [6, 6.07) is 20.6. The molecule has 7 nitrogen and oxygen atoms in total. The summed E-state index contributed by atoms with van der Waals surface area (Å²) < 4.78 is 5.81. The minimum absolute atomic E-state index is 0.119. The maximum Gasteiger partial charge on any atom is 0.339 e. The Morgan fingerprint density at radius 1 is 0.978 bits per heavy atom. The van der Waals surface area contributed by atoms with Crippen molar-refractivity contribution in [1.82, 2.24) is 4.98 Å². The number of carbonyl (C=O) groups excluding carboxylic acids is 4. The molecular weight excluding hydrogens is 611 g/mol. The molecule has 230 valence electrons. The van der Waals surface area contributed by atoms with Crippen LogP contribution >= 0.6 is 23.2 Å². The van der Waals surface area contributed by atoms with Crippen molar-refractivity contribution >= 4 is 63.4 Å². The van der Waals surface area contributed by atoms with E-state index < -0.39 is 12.1 Å². The Balaban J connectivity index is 1.31. The number of ketones is 1. The van der Waals surface area contributed by atoms with Gasteiger partial charge in [0.05, 0.1) is 34.3 Å². The van der Waals surface area contributed by atoms with E-state index in [0.29, 0.717) is 44.4 Å². The fraction of sp³-hybridized carbons (Fsp3) is 0.306. The molecular formula is C36H32Cl2N2O5. The van der Waals surface area contributed by atoms with Crippen LogP contribution in [0.15, 0.2) is 72.8 Å². The number of aryl methyl sites for hydroxylation is 1. The number of ether oxygens (including phenoxy) is 1. The molecule has 2 fully saturated rings. The van der Waals surface area contributed by atoms with Gasteiger partial charge in [0.15, 0.2) is 6.10 Å². The average Bonchev–Trinajstić information content (AvgIpc) is 3.28. The fourth-order valence-electron chi connectivity index (χ4n) is 6.47. The van der Waals surface area contributed by atoms with Crippen molar-refractivity contribution in [3.63, 3.8) is 0 Å². The van der Waals surface area contributed by atoms with Crippen LogP contribution in [0.25, 0.3) is 22.2 Å². The lowest BCUT2D eigenvalue weighted by molar-refractivity contribution is -0.122. The molecule has 1 aliphatic carbocycles. The Kier molecular flexibility index (Phi) is 8.76. The van der Waals surface area contributed by atoms with E-state index in [9.17, 15) is 19.2 Å². The van der Waals surface area contributed by atoms with E-state index in [1.807, 2.05) is 19.1 Å². The number of Topliss-reactive ketones (excluding diaryl/α,β-unsaturated/α-hetero) is 1. The predicted molar refractivity (Wildman–Crippen MR) is 175 cm³/mol. The smallest absolute Gasteiger partial charge is 0.339 e. The first-order valence-corrected chi connectivity index (χ1v) is 16.0. The summed E-state index contributed by atoms with van der Waals surface area (Å²) in [4.78, 5) is 59.6. The molecule has 4 aromatic rings. The van der Waals surface area contributed by atoms with Crippen molar-refractivity contribution in [3.05, 3.63) is 94.5 Å². The lowest BCUT2D eigenvalue weighted by Crippen LogP contribution is -2.30. The van der Waals surface area contributed by atoms with Gasteiger partial charge < -0.3 is 4.74 Å². The molecule has 0 radical (unpaired) electrons. The van der Waals surface area contributed by atoms with Crippen LogP contribution in [0.2, 0.25) is 5.02 Å². The van der Waals surface area contributed by atoms with Crippen LogP contribution in [0.3, 0.4) is 0 Å². The summed E-state index contributed by atoms with van der Waals surface area (Å²) in [6.07, 6.45) is 1.47. The molecule has 1 saturated heterocycles. The molecule has 3 aromatic carbocycles. The summed E-state index contributed by atoms with van der Waals surface area (Å²) in [5.41, 5.74) is 3.83. The van der Waals surface area contributed by atoms with Gasteiger partial charge in [-0.15, -0.1) is 11.6 Å². The lowest BCUT2D eigenvalue weighted by atomic mass is 9.76. The number of halogens is 2. The number of esters is 1. The Bertz CT molecular complexity index is 1810. The average molecular weight is 644 g/mol. The highest BCUT2D eigenvalue weighted by Gasteiger charge is 2.50. The number of fused-ring (bicyclic) bond motifs is 2. The SMILES string of the molecule is Cc1cccc2c(C(=O)OC(CCCl)C(=O)c3ccc(Cl)cc3)cc(-c3ccc(N4C(=O)C5CCC(C)CC5C4=O)cc3)nc12. The first-order chi connectivity index (χ1) is 21.7. The van der Waals surface area contributed by atoms with Gasteiger partial charge in [-0.2, -0.15) is 0 Å². The van der Waals surface area contributed by atoms with Crippen molar-refractivity contribution in [2.75, 3.05) is 10.8 Å². The topological polar surface area (TPSA) is 93.6 Å². The normalized spacial score (nSPS) is 20.3.